The third kappa shape index (κ3) is 2.64. The Hall–Kier alpha value is -2.53. The van der Waals surface area contributed by atoms with Crippen LogP contribution in [0.2, 0.25) is 0 Å². The van der Waals surface area contributed by atoms with E-state index in [9.17, 15) is 9.90 Å². The second kappa shape index (κ2) is 5.93. The largest absolute Gasteiger partial charge is 0.390 e. The van der Waals surface area contributed by atoms with Crippen LogP contribution in [0.3, 0.4) is 0 Å². The fourth-order valence-electron chi connectivity index (χ4n) is 2.93. The van der Waals surface area contributed by atoms with Gasteiger partial charge < -0.3 is 5.11 Å². The van der Waals surface area contributed by atoms with Gasteiger partial charge in [-0.3, -0.25) is 14.5 Å². The molecule has 0 atom stereocenters. The summed E-state index contributed by atoms with van der Waals surface area (Å²) < 4.78 is 1.87. The van der Waals surface area contributed by atoms with Gasteiger partial charge in [-0.2, -0.15) is 5.10 Å². The number of nitrogens with zero attached hydrogens (tertiary/aromatic N) is 3. The molecule has 0 fully saturated rings. The normalized spacial score (nSPS) is 11.1. The summed E-state index contributed by atoms with van der Waals surface area (Å²) in [5, 5.41) is 14.6. The number of hydrogen-bond donors (Lipinski definition) is 1. The van der Waals surface area contributed by atoms with E-state index in [-0.39, 0.29) is 12.4 Å². The SMILES string of the molecule is CCn1nc(C(C)=O)c2cc(-c3ccnc(CO)c3)cc(C)c21. The van der Waals surface area contributed by atoms with Crippen molar-refractivity contribution < 1.29 is 9.90 Å². The van der Waals surface area contributed by atoms with Crippen LogP contribution in [-0.4, -0.2) is 25.7 Å². The second-order valence-electron chi connectivity index (χ2n) is 5.60. The molecule has 118 valence electrons. The van der Waals surface area contributed by atoms with Gasteiger partial charge in [0.25, 0.3) is 0 Å². The molecule has 5 heteroatoms. The quantitative estimate of drug-likeness (QED) is 0.752. The van der Waals surface area contributed by atoms with Crippen molar-refractivity contribution in [2.45, 2.75) is 33.9 Å². The van der Waals surface area contributed by atoms with Gasteiger partial charge in [-0.05, 0) is 54.8 Å². The molecule has 2 heterocycles. The highest BCUT2D eigenvalue weighted by atomic mass is 16.3. The number of aromatic nitrogens is 3. The lowest BCUT2D eigenvalue weighted by Crippen LogP contribution is -1.99. The minimum atomic E-state index is -0.0957. The first-order valence-electron chi connectivity index (χ1n) is 7.63. The smallest absolute Gasteiger partial charge is 0.180 e. The van der Waals surface area contributed by atoms with Gasteiger partial charge in [0.15, 0.2) is 5.78 Å². The van der Waals surface area contributed by atoms with Gasteiger partial charge in [0.1, 0.15) is 5.69 Å². The molecule has 1 N–H and O–H groups in total. The maximum absolute atomic E-state index is 11.9. The zero-order chi connectivity index (χ0) is 16.6. The van der Waals surface area contributed by atoms with Crippen molar-refractivity contribution >= 4 is 16.7 Å². The summed E-state index contributed by atoms with van der Waals surface area (Å²) in [7, 11) is 0. The van der Waals surface area contributed by atoms with E-state index in [0.29, 0.717) is 17.9 Å². The average molecular weight is 309 g/mol. The Labute approximate surface area is 134 Å². The summed E-state index contributed by atoms with van der Waals surface area (Å²) >= 11 is 0. The first-order valence-corrected chi connectivity index (χ1v) is 7.63. The van der Waals surface area contributed by atoms with Crippen LogP contribution in [0.25, 0.3) is 22.0 Å². The van der Waals surface area contributed by atoms with Gasteiger partial charge in [-0.15, -0.1) is 0 Å². The number of rotatable bonds is 4. The van der Waals surface area contributed by atoms with Crippen LogP contribution < -0.4 is 0 Å². The second-order valence-corrected chi connectivity index (χ2v) is 5.60. The third-order valence-corrected chi connectivity index (χ3v) is 3.98. The number of fused-ring (bicyclic) bond motifs is 1. The zero-order valence-corrected chi connectivity index (χ0v) is 13.5. The molecule has 0 radical (unpaired) electrons. The molecular weight excluding hydrogens is 290 g/mol. The minimum absolute atomic E-state index is 0.0375. The molecule has 0 unspecified atom stereocenters. The van der Waals surface area contributed by atoms with Crippen molar-refractivity contribution in [2.75, 3.05) is 0 Å². The predicted octanol–water partition coefficient (Wildman–Crippen LogP) is 3.12. The monoisotopic (exact) mass is 309 g/mol. The summed E-state index contributed by atoms with van der Waals surface area (Å²) in [5.74, 6) is -0.0375. The van der Waals surface area contributed by atoms with E-state index in [1.807, 2.05) is 36.7 Å². The number of aliphatic hydroxyl groups is 1. The summed E-state index contributed by atoms with van der Waals surface area (Å²) in [5.41, 5.74) is 5.15. The van der Waals surface area contributed by atoms with E-state index < -0.39 is 0 Å². The van der Waals surface area contributed by atoms with Crippen molar-refractivity contribution in [3.63, 3.8) is 0 Å². The van der Waals surface area contributed by atoms with Gasteiger partial charge >= 0.3 is 0 Å². The Morgan fingerprint density at radius 1 is 1.26 bits per heavy atom. The van der Waals surface area contributed by atoms with Crippen molar-refractivity contribution in [1.82, 2.24) is 14.8 Å². The van der Waals surface area contributed by atoms with Gasteiger partial charge in [0.2, 0.25) is 0 Å². The molecule has 5 nitrogen and oxygen atoms in total. The van der Waals surface area contributed by atoms with E-state index in [2.05, 4.69) is 16.1 Å². The van der Waals surface area contributed by atoms with E-state index in [1.165, 1.54) is 0 Å². The van der Waals surface area contributed by atoms with Crippen molar-refractivity contribution in [2.24, 2.45) is 0 Å². The maximum Gasteiger partial charge on any atom is 0.180 e. The van der Waals surface area contributed by atoms with Crippen LogP contribution in [0.4, 0.5) is 0 Å². The number of carbonyl (C=O) groups excluding carboxylic acids is 1. The lowest BCUT2D eigenvalue weighted by molar-refractivity contribution is 0.101. The summed E-state index contributed by atoms with van der Waals surface area (Å²) in [4.78, 5) is 16.0. The first-order chi connectivity index (χ1) is 11.0. The highest BCUT2D eigenvalue weighted by Gasteiger charge is 2.16. The lowest BCUT2D eigenvalue weighted by Gasteiger charge is -2.08. The molecule has 3 aromatic rings. The number of benzene rings is 1. The highest BCUT2D eigenvalue weighted by Crippen LogP contribution is 2.30. The standard InChI is InChI=1S/C18H19N3O2/c1-4-21-18-11(2)7-14(9-16(18)17(20-21)12(3)23)13-5-6-19-15(8-13)10-22/h5-9,22H,4,10H2,1-3H3. The van der Waals surface area contributed by atoms with Crippen molar-refractivity contribution in [1.29, 1.82) is 0 Å². The third-order valence-electron chi connectivity index (χ3n) is 3.98. The first kappa shape index (κ1) is 15.4. The number of aryl methyl sites for hydroxylation is 2. The molecule has 0 aliphatic rings. The zero-order valence-electron chi connectivity index (χ0n) is 13.5. The van der Waals surface area contributed by atoms with Crippen molar-refractivity contribution in [3.05, 3.63) is 47.4 Å². The average Bonchev–Trinajstić information content (AvgIpc) is 2.94. The molecule has 0 bridgehead atoms. The molecule has 0 spiro atoms. The van der Waals surface area contributed by atoms with Crippen LogP contribution in [0.1, 0.15) is 35.6 Å². The molecule has 0 aliphatic carbocycles. The van der Waals surface area contributed by atoms with E-state index in [0.717, 1.165) is 27.6 Å². The van der Waals surface area contributed by atoms with Crippen LogP contribution in [0.15, 0.2) is 30.5 Å². The van der Waals surface area contributed by atoms with E-state index in [4.69, 9.17) is 0 Å². The van der Waals surface area contributed by atoms with Crippen LogP contribution in [-0.2, 0) is 13.2 Å². The Balaban J connectivity index is 2.28. The van der Waals surface area contributed by atoms with E-state index >= 15 is 0 Å². The molecule has 2 aromatic heterocycles. The van der Waals surface area contributed by atoms with Gasteiger partial charge in [0, 0.05) is 25.1 Å². The van der Waals surface area contributed by atoms with Gasteiger partial charge in [-0.1, -0.05) is 0 Å². The Bertz CT molecular complexity index is 897. The topological polar surface area (TPSA) is 68.0 Å². The Morgan fingerprint density at radius 2 is 2.04 bits per heavy atom. The van der Waals surface area contributed by atoms with Gasteiger partial charge in [0.05, 0.1) is 17.8 Å². The van der Waals surface area contributed by atoms with Crippen LogP contribution in [0, 0.1) is 6.92 Å². The lowest BCUT2D eigenvalue weighted by atomic mass is 9.99. The molecule has 1 aromatic carbocycles. The molecule has 23 heavy (non-hydrogen) atoms. The van der Waals surface area contributed by atoms with Crippen LogP contribution in [0.5, 0.6) is 0 Å². The Morgan fingerprint density at radius 3 is 2.70 bits per heavy atom. The number of ketones is 1. The summed E-state index contributed by atoms with van der Waals surface area (Å²) in [6, 6.07) is 7.83. The minimum Gasteiger partial charge on any atom is -0.390 e. The number of pyridine rings is 1. The summed E-state index contributed by atoms with van der Waals surface area (Å²) in [6.45, 7) is 6.20. The molecule has 0 saturated heterocycles. The van der Waals surface area contributed by atoms with Crippen molar-refractivity contribution in [3.8, 4) is 11.1 Å². The number of hydrogen-bond acceptors (Lipinski definition) is 4. The highest BCUT2D eigenvalue weighted by molar-refractivity contribution is 6.06. The number of carbonyl (C=O) groups is 1. The fraction of sp³-hybridized carbons (Fsp3) is 0.278. The maximum atomic E-state index is 11.9. The Kier molecular flexibility index (Phi) is 3.96. The molecule has 0 aliphatic heterocycles. The predicted molar refractivity (Wildman–Crippen MR) is 89.3 cm³/mol. The van der Waals surface area contributed by atoms with E-state index in [1.54, 1.807) is 13.1 Å². The molecular formula is C18H19N3O2. The molecule has 0 saturated carbocycles. The van der Waals surface area contributed by atoms with Crippen LogP contribution >= 0.6 is 0 Å². The molecule has 0 amide bonds. The summed E-state index contributed by atoms with van der Waals surface area (Å²) in [6.07, 6.45) is 1.68. The fourth-order valence-corrected chi connectivity index (χ4v) is 2.93. The molecule has 3 rings (SSSR count). The van der Waals surface area contributed by atoms with Gasteiger partial charge in [-0.25, -0.2) is 0 Å². The number of Topliss-reactive ketones (excluding diaryl/α,β-unsaturated/α-hetero) is 1. The number of aliphatic hydroxyl groups excluding tert-OH is 1.